The van der Waals surface area contributed by atoms with Crippen molar-refractivity contribution in [3.05, 3.63) is 58.1 Å². The second-order valence-electron chi connectivity index (χ2n) is 5.91. The lowest BCUT2D eigenvalue weighted by Crippen LogP contribution is -2.38. The second kappa shape index (κ2) is 10.2. The number of nitrogens with zero attached hydrogens (tertiary/aromatic N) is 1. The highest BCUT2D eigenvalue weighted by Crippen LogP contribution is 2.29. The number of hydrogen-bond donors (Lipinski definition) is 2. The summed E-state index contributed by atoms with van der Waals surface area (Å²) in [6, 6.07) is 12.4. The molecule has 0 atom stereocenters. The van der Waals surface area contributed by atoms with E-state index in [2.05, 4.69) is 10.6 Å². The molecule has 0 radical (unpaired) electrons. The van der Waals surface area contributed by atoms with Crippen molar-refractivity contribution in [3.8, 4) is 5.75 Å². The van der Waals surface area contributed by atoms with Gasteiger partial charge in [-0.25, -0.2) is 0 Å². The Morgan fingerprint density at radius 3 is 2.30 bits per heavy atom. The number of rotatable bonds is 8. The van der Waals surface area contributed by atoms with E-state index in [1.807, 2.05) is 24.3 Å². The molecule has 0 aliphatic heterocycles. The van der Waals surface area contributed by atoms with Crippen LogP contribution in [0, 0.1) is 0 Å². The van der Waals surface area contributed by atoms with Crippen LogP contribution in [0.15, 0.2) is 42.5 Å². The van der Waals surface area contributed by atoms with Gasteiger partial charge in [0.15, 0.2) is 0 Å². The van der Waals surface area contributed by atoms with Crippen LogP contribution in [0.3, 0.4) is 0 Å². The minimum absolute atomic E-state index is 0.0175. The van der Waals surface area contributed by atoms with E-state index in [0.29, 0.717) is 28.0 Å². The molecule has 0 unspecified atom stereocenters. The highest BCUT2D eigenvalue weighted by molar-refractivity contribution is 6.39. The van der Waals surface area contributed by atoms with Gasteiger partial charge in [-0.2, -0.15) is 0 Å². The van der Waals surface area contributed by atoms with Crippen LogP contribution in [0.25, 0.3) is 0 Å². The van der Waals surface area contributed by atoms with E-state index in [9.17, 15) is 9.59 Å². The first-order valence-corrected chi connectivity index (χ1v) is 8.97. The molecule has 2 aromatic rings. The topological polar surface area (TPSA) is 70.7 Å². The maximum absolute atomic E-state index is 12.2. The molecule has 2 N–H and O–H groups in total. The first-order valence-electron chi connectivity index (χ1n) is 8.21. The molecule has 144 valence electrons. The van der Waals surface area contributed by atoms with E-state index in [-0.39, 0.29) is 24.9 Å². The number of hydrogen-bond acceptors (Lipinski definition) is 4. The molecule has 2 amide bonds. The Hall–Kier alpha value is -2.28. The summed E-state index contributed by atoms with van der Waals surface area (Å²) in [6.07, 6.45) is 0. The first-order chi connectivity index (χ1) is 12.9. The lowest BCUT2D eigenvalue weighted by molar-refractivity contribution is -0.123. The quantitative estimate of drug-likeness (QED) is 0.702. The summed E-state index contributed by atoms with van der Waals surface area (Å²) >= 11 is 12.1. The van der Waals surface area contributed by atoms with Crippen molar-refractivity contribution < 1.29 is 14.3 Å². The lowest BCUT2D eigenvalue weighted by Gasteiger charge is -2.17. The van der Waals surface area contributed by atoms with Crippen LogP contribution in [0.1, 0.15) is 5.56 Å². The highest BCUT2D eigenvalue weighted by Gasteiger charge is 2.14. The molecule has 0 bridgehead atoms. The molecule has 0 fully saturated rings. The summed E-state index contributed by atoms with van der Waals surface area (Å²) in [5, 5.41) is 6.18. The summed E-state index contributed by atoms with van der Waals surface area (Å²) < 4.78 is 5.25. The Morgan fingerprint density at radius 2 is 1.63 bits per heavy atom. The molecule has 0 aliphatic rings. The van der Waals surface area contributed by atoms with Crippen molar-refractivity contribution in [2.45, 2.75) is 6.54 Å². The van der Waals surface area contributed by atoms with Gasteiger partial charge in [-0.05, 0) is 25.2 Å². The van der Waals surface area contributed by atoms with Crippen LogP contribution in [0.5, 0.6) is 5.75 Å². The van der Waals surface area contributed by atoms with E-state index in [0.717, 1.165) is 5.56 Å². The van der Waals surface area contributed by atoms with Crippen molar-refractivity contribution in [2.24, 2.45) is 0 Å². The molecular formula is C19H21Cl2N3O3. The van der Waals surface area contributed by atoms with Gasteiger partial charge in [0.1, 0.15) is 5.75 Å². The van der Waals surface area contributed by atoms with E-state index in [1.165, 1.54) is 0 Å². The third-order valence-electron chi connectivity index (χ3n) is 3.72. The Balaban J connectivity index is 1.81. The SMILES string of the molecule is COc1ccccc1CNC(=O)CN(C)CC(=O)Nc1c(Cl)cccc1Cl. The number of nitrogens with one attached hydrogen (secondary N) is 2. The number of halogens is 2. The number of benzene rings is 2. The largest absolute Gasteiger partial charge is 0.496 e. The fraction of sp³-hybridized carbons (Fsp3) is 0.263. The van der Waals surface area contributed by atoms with Gasteiger partial charge in [-0.15, -0.1) is 0 Å². The summed E-state index contributed by atoms with van der Waals surface area (Å²) in [4.78, 5) is 25.9. The van der Waals surface area contributed by atoms with Gasteiger partial charge in [-0.3, -0.25) is 14.5 Å². The van der Waals surface area contributed by atoms with Gasteiger partial charge in [0.05, 0.1) is 35.9 Å². The van der Waals surface area contributed by atoms with Crippen molar-refractivity contribution in [3.63, 3.8) is 0 Å². The fourth-order valence-corrected chi connectivity index (χ4v) is 2.93. The zero-order valence-corrected chi connectivity index (χ0v) is 16.6. The maximum atomic E-state index is 12.2. The van der Waals surface area contributed by atoms with Crippen LogP contribution >= 0.6 is 23.2 Å². The molecule has 0 heterocycles. The number of anilines is 1. The van der Waals surface area contributed by atoms with Crippen molar-refractivity contribution >= 4 is 40.7 Å². The van der Waals surface area contributed by atoms with Crippen LogP contribution < -0.4 is 15.4 Å². The number of carbonyl (C=O) groups excluding carboxylic acids is 2. The summed E-state index contributed by atoms with van der Waals surface area (Å²) in [7, 11) is 3.26. The Labute approximate surface area is 168 Å². The van der Waals surface area contributed by atoms with Gasteiger partial charge in [-0.1, -0.05) is 47.5 Å². The minimum Gasteiger partial charge on any atom is -0.496 e. The zero-order chi connectivity index (χ0) is 19.8. The molecular weight excluding hydrogens is 389 g/mol. The van der Waals surface area contributed by atoms with E-state index < -0.39 is 0 Å². The average Bonchev–Trinajstić information content (AvgIpc) is 2.63. The first kappa shape index (κ1) is 21.0. The number of carbonyl (C=O) groups is 2. The molecule has 0 spiro atoms. The van der Waals surface area contributed by atoms with Gasteiger partial charge in [0, 0.05) is 12.1 Å². The molecule has 2 rings (SSSR count). The highest BCUT2D eigenvalue weighted by atomic mass is 35.5. The minimum atomic E-state index is -0.315. The predicted octanol–water partition coefficient (Wildman–Crippen LogP) is 3.19. The van der Waals surface area contributed by atoms with Crippen LogP contribution in [0.2, 0.25) is 10.0 Å². The summed E-state index contributed by atoms with van der Waals surface area (Å²) in [5.74, 6) is 0.194. The number of amides is 2. The average molecular weight is 410 g/mol. The third-order valence-corrected chi connectivity index (χ3v) is 4.35. The summed E-state index contributed by atoms with van der Waals surface area (Å²) in [6.45, 7) is 0.431. The van der Waals surface area contributed by atoms with Crippen LogP contribution in [0.4, 0.5) is 5.69 Å². The Kier molecular flexibility index (Phi) is 7.91. The van der Waals surface area contributed by atoms with Crippen molar-refractivity contribution in [1.82, 2.24) is 10.2 Å². The van der Waals surface area contributed by atoms with Crippen LogP contribution in [-0.2, 0) is 16.1 Å². The Morgan fingerprint density at radius 1 is 1.00 bits per heavy atom. The van der Waals surface area contributed by atoms with Crippen LogP contribution in [-0.4, -0.2) is 44.0 Å². The smallest absolute Gasteiger partial charge is 0.238 e. The van der Waals surface area contributed by atoms with Gasteiger partial charge in [0.25, 0.3) is 0 Å². The fourth-order valence-electron chi connectivity index (χ4n) is 2.44. The summed E-state index contributed by atoms with van der Waals surface area (Å²) in [5.41, 5.74) is 1.24. The molecule has 8 heteroatoms. The zero-order valence-electron chi connectivity index (χ0n) is 15.1. The van der Waals surface area contributed by atoms with Gasteiger partial charge in [0.2, 0.25) is 11.8 Å². The number of methoxy groups -OCH3 is 1. The third kappa shape index (κ3) is 6.43. The molecule has 2 aromatic carbocycles. The molecule has 27 heavy (non-hydrogen) atoms. The molecule has 0 saturated heterocycles. The van der Waals surface area contributed by atoms with E-state index >= 15 is 0 Å². The van der Waals surface area contributed by atoms with Gasteiger partial charge >= 0.3 is 0 Å². The van der Waals surface area contributed by atoms with Crippen molar-refractivity contribution in [2.75, 3.05) is 32.6 Å². The molecule has 0 aliphatic carbocycles. The lowest BCUT2D eigenvalue weighted by atomic mass is 10.2. The van der Waals surface area contributed by atoms with E-state index in [1.54, 1.807) is 37.3 Å². The number of ether oxygens (including phenoxy) is 1. The molecule has 6 nitrogen and oxygen atoms in total. The Bertz CT molecular complexity index is 794. The second-order valence-corrected chi connectivity index (χ2v) is 6.72. The number of para-hydroxylation sites is 2. The van der Waals surface area contributed by atoms with Crippen molar-refractivity contribution in [1.29, 1.82) is 0 Å². The monoisotopic (exact) mass is 409 g/mol. The predicted molar refractivity (Wildman–Crippen MR) is 107 cm³/mol. The molecule has 0 saturated carbocycles. The normalized spacial score (nSPS) is 10.6. The standard InChI is InChI=1S/C19H21Cl2N3O3/c1-24(12-18(26)23-19-14(20)7-5-8-15(19)21)11-17(25)22-10-13-6-3-4-9-16(13)27-2/h3-9H,10-12H2,1-2H3,(H,22,25)(H,23,26). The maximum Gasteiger partial charge on any atom is 0.238 e. The number of likely N-dealkylation sites (N-methyl/N-ethyl adjacent to an activating group) is 1. The van der Waals surface area contributed by atoms with Gasteiger partial charge < -0.3 is 15.4 Å². The molecule has 0 aromatic heterocycles. The van der Waals surface area contributed by atoms with E-state index in [4.69, 9.17) is 27.9 Å².